The lowest BCUT2D eigenvalue weighted by Crippen LogP contribution is -2.12. The quantitative estimate of drug-likeness (QED) is 0.686. The maximum Gasteiger partial charge on any atom is 0.315 e. The van der Waals surface area contributed by atoms with Gasteiger partial charge < -0.3 is 8.98 Å². The number of thiazole rings is 1. The Morgan fingerprint density at radius 2 is 2.26 bits per heavy atom. The number of hydrogen-bond donors (Lipinski definition) is 0. The standard InChI is InChI=1S/C13H9FN2O2S/c1-16-9-5-4-8(14)7-11(9)19-13(16)15-12(17)10-3-2-6-18-10/h2-7H,1H3. The van der Waals surface area contributed by atoms with Crippen molar-refractivity contribution in [3.05, 3.63) is 53.0 Å². The summed E-state index contributed by atoms with van der Waals surface area (Å²) in [6.45, 7) is 0. The van der Waals surface area contributed by atoms with Crippen molar-refractivity contribution in [2.24, 2.45) is 12.0 Å². The second kappa shape index (κ2) is 4.47. The monoisotopic (exact) mass is 276 g/mol. The Morgan fingerprint density at radius 1 is 1.42 bits per heavy atom. The third-order valence-corrected chi connectivity index (χ3v) is 3.80. The number of carbonyl (C=O) groups is 1. The number of furan rings is 1. The van der Waals surface area contributed by atoms with Crippen LogP contribution in [0.4, 0.5) is 4.39 Å². The second-order valence-electron chi connectivity index (χ2n) is 3.95. The first-order valence-electron chi connectivity index (χ1n) is 5.53. The van der Waals surface area contributed by atoms with Gasteiger partial charge in [0.25, 0.3) is 0 Å². The normalized spacial score (nSPS) is 12.2. The summed E-state index contributed by atoms with van der Waals surface area (Å²) in [6.07, 6.45) is 1.42. The van der Waals surface area contributed by atoms with E-state index in [0.717, 1.165) is 10.2 Å². The molecular formula is C13H9FN2O2S. The Bertz CT molecular complexity index is 815. The molecule has 0 fully saturated rings. The molecule has 0 saturated heterocycles. The van der Waals surface area contributed by atoms with Crippen molar-refractivity contribution in [1.29, 1.82) is 0 Å². The Labute approximate surface area is 111 Å². The molecule has 0 aliphatic carbocycles. The van der Waals surface area contributed by atoms with Crippen LogP contribution in [0, 0.1) is 5.82 Å². The molecule has 6 heteroatoms. The van der Waals surface area contributed by atoms with Gasteiger partial charge in [-0.05, 0) is 30.3 Å². The fourth-order valence-corrected chi connectivity index (χ4v) is 2.80. The average Bonchev–Trinajstić information content (AvgIpc) is 2.99. The minimum Gasteiger partial charge on any atom is -0.459 e. The van der Waals surface area contributed by atoms with Gasteiger partial charge in [0.1, 0.15) is 5.82 Å². The molecule has 19 heavy (non-hydrogen) atoms. The van der Waals surface area contributed by atoms with Crippen molar-refractivity contribution < 1.29 is 13.6 Å². The molecule has 4 nitrogen and oxygen atoms in total. The van der Waals surface area contributed by atoms with Crippen LogP contribution in [0.1, 0.15) is 10.6 Å². The number of aryl methyl sites for hydroxylation is 1. The van der Waals surface area contributed by atoms with E-state index in [0.29, 0.717) is 4.80 Å². The van der Waals surface area contributed by atoms with Crippen LogP contribution >= 0.6 is 11.3 Å². The number of aromatic nitrogens is 1. The summed E-state index contributed by atoms with van der Waals surface area (Å²) in [5.74, 6) is -0.575. The van der Waals surface area contributed by atoms with Crippen LogP contribution in [0.5, 0.6) is 0 Å². The molecule has 0 spiro atoms. The SMILES string of the molecule is Cn1c(=NC(=O)c2ccco2)sc2cc(F)ccc21. The maximum atomic E-state index is 13.1. The van der Waals surface area contributed by atoms with E-state index in [-0.39, 0.29) is 11.6 Å². The van der Waals surface area contributed by atoms with Gasteiger partial charge in [-0.25, -0.2) is 4.39 Å². The number of carbonyl (C=O) groups excluding carboxylic acids is 1. The molecule has 3 rings (SSSR count). The van der Waals surface area contributed by atoms with Crippen molar-refractivity contribution in [1.82, 2.24) is 4.57 Å². The summed E-state index contributed by atoms with van der Waals surface area (Å²) in [5.41, 5.74) is 0.831. The lowest BCUT2D eigenvalue weighted by atomic mass is 10.3. The molecule has 1 amide bonds. The number of nitrogens with zero attached hydrogens (tertiary/aromatic N) is 2. The second-order valence-corrected chi connectivity index (χ2v) is 4.96. The highest BCUT2D eigenvalue weighted by molar-refractivity contribution is 7.16. The first-order valence-corrected chi connectivity index (χ1v) is 6.34. The molecule has 0 unspecified atom stereocenters. The number of amides is 1. The highest BCUT2D eigenvalue weighted by Gasteiger charge is 2.09. The van der Waals surface area contributed by atoms with Gasteiger partial charge in [0, 0.05) is 7.05 Å². The highest BCUT2D eigenvalue weighted by atomic mass is 32.1. The zero-order valence-electron chi connectivity index (χ0n) is 9.96. The topological polar surface area (TPSA) is 47.5 Å². The van der Waals surface area contributed by atoms with Gasteiger partial charge in [-0.3, -0.25) is 4.79 Å². The van der Waals surface area contributed by atoms with Crippen LogP contribution in [0.2, 0.25) is 0 Å². The van der Waals surface area contributed by atoms with Crippen LogP contribution < -0.4 is 4.80 Å². The van der Waals surface area contributed by atoms with E-state index < -0.39 is 5.91 Å². The van der Waals surface area contributed by atoms with E-state index in [9.17, 15) is 9.18 Å². The minimum atomic E-state index is -0.451. The zero-order valence-corrected chi connectivity index (χ0v) is 10.8. The predicted molar refractivity (Wildman–Crippen MR) is 69.4 cm³/mol. The van der Waals surface area contributed by atoms with Gasteiger partial charge in [0.15, 0.2) is 10.6 Å². The van der Waals surface area contributed by atoms with E-state index in [1.54, 1.807) is 29.8 Å². The van der Waals surface area contributed by atoms with Gasteiger partial charge >= 0.3 is 5.91 Å². The first kappa shape index (κ1) is 11.9. The zero-order chi connectivity index (χ0) is 13.4. The molecule has 0 N–H and O–H groups in total. The molecule has 3 aromatic rings. The average molecular weight is 276 g/mol. The van der Waals surface area contributed by atoms with Crippen molar-refractivity contribution >= 4 is 27.5 Å². The Kier molecular flexibility index (Phi) is 2.79. The number of benzene rings is 1. The van der Waals surface area contributed by atoms with Crippen LogP contribution in [0.3, 0.4) is 0 Å². The van der Waals surface area contributed by atoms with Crippen LogP contribution in [0.25, 0.3) is 10.2 Å². The molecule has 0 aliphatic rings. The van der Waals surface area contributed by atoms with Crippen molar-refractivity contribution in [2.45, 2.75) is 0 Å². The molecule has 0 atom stereocenters. The third kappa shape index (κ3) is 2.10. The van der Waals surface area contributed by atoms with Crippen LogP contribution in [0.15, 0.2) is 46.0 Å². The van der Waals surface area contributed by atoms with Crippen molar-refractivity contribution in [2.75, 3.05) is 0 Å². The summed E-state index contributed by atoms with van der Waals surface area (Å²) in [4.78, 5) is 16.3. The van der Waals surface area contributed by atoms with E-state index in [4.69, 9.17) is 4.42 Å². The molecule has 0 radical (unpaired) electrons. The number of rotatable bonds is 1. The Balaban J connectivity index is 2.15. The Morgan fingerprint density at radius 3 is 3.00 bits per heavy atom. The fraction of sp³-hybridized carbons (Fsp3) is 0.0769. The fourth-order valence-electron chi connectivity index (χ4n) is 1.76. The number of halogens is 1. The van der Waals surface area contributed by atoms with Gasteiger partial charge in [-0.15, -0.1) is 0 Å². The molecule has 96 valence electrons. The molecule has 0 saturated carbocycles. The van der Waals surface area contributed by atoms with Crippen LogP contribution in [-0.2, 0) is 7.05 Å². The number of hydrogen-bond acceptors (Lipinski definition) is 3. The molecule has 1 aromatic carbocycles. The molecule has 2 aromatic heterocycles. The first-order chi connectivity index (χ1) is 9.15. The van der Waals surface area contributed by atoms with Crippen molar-refractivity contribution in [3.8, 4) is 0 Å². The summed E-state index contributed by atoms with van der Waals surface area (Å²) >= 11 is 1.26. The predicted octanol–water partition coefficient (Wildman–Crippen LogP) is 2.71. The van der Waals surface area contributed by atoms with E-state index in [2.05, 4.69) is 4.99 Å². The van der Waals surface area contributed by atoms with Gasteiger partial charge in [0.2, 0.25) is 0 Å². The van der Waals surface area contributed by atoms with Gasteiger partial charge in [-0.1, -0.05) is 11.3 Å². The summed E-state index contributed by atoms with van der Waals surface area (Å²) in [5, 5.41) is 0. The van der Waals surface area contributed by atoms with Crippen LogP contribution in [-0.4, -0.2) is 10.5 Å². The molecule has 0 aliphatic heterocycles. The molecule has 0 bridgehead atoms. The molecule has 2 heterocycles. The van der Waals surface area contributed by atoms with E-state index >= 15 is 0 Å². The number of fused-ring (bicyclic) bond motifs is 1. The maximum absolute atomic E-state index is 13.1. The Hall–Kier alpha value is -2.21. The van der Waals surface area contributed by atoms with Gasteiger partial charge in [-0.2, -0.15) is 4.99 Å². The minimum absolute atomic E-state index is 0.184. The smallest absolute Gasteiger partial charge is 0.315 e. The lowest BCUT2D eigenvalue weighted by Gasteiger charge is -1.94. The highest BCUT2D eigenvalue weighted by Crippen LogP contribution is 2.17. The lowest BCUT2D eigenvalue weighted by molar-refractivity contribution is 0.0971. The van der Waals surface area contributed by atoms with E-state index in [1.807, 2.05) is 0 Å². The largest absolute Gasteiger partial charge is 0.459 e. The van der Waals surface area contributed by atoms with E-state index in [1.165, 1.54) is 29.7 Å². The van der Waals surface area contributed by atoms with Crippen molar-refractivity contribution in [3.63, 3.8) is 0 Å². The summed E-state index contributed by atoms with van der Waals surface area (Å²) in [6, 6.07) is 7.66. The molecular weight excluding hydrogens is 267 g/mol. The van der Waals surface area contributed by atoms with Gasteiger partial charge in [0.05, 0.1) is 16.5 Å². The summed E-state index contributed by atoms with van der Waals surface area (Å²) in [7, 11) is 1.78. The summed E-state index contributed by atoms with van der Waals surface area (Å²) < 4.78 is 20.6. The third-order valence-electron chi connectivity index (χ3n) is 2.70.